The van der Waals surface area contributed by atoms with Gasteiger partial charge in [-0.25, -0.2) is 0 Å². The van der Waals surface area contributed by atoms with E-state index in [0.717, 1.165) is 0 Å². The van der Waals surface area contributed by atoms with E-state index >= 15 is 0 Å². The highest BCUT2D eigenvalue weighted by Crippen LogP contribution is 2.20. The maximum atomic E-state index is 11.5. The second kappa shape index (κ2) is 5.16. The van der Waals surface area contributed by atoms with Gasteiger partial charge in [-0.3, -0.25) is 14.4 Å². The molecule has 0 atom stereocenters. The van der Waals surface area contributed by atoms with Gasteiger partial charge in [-0.05, 0) is 27.7 Å². The average Bonchev–Trinajstić information content (AvgIpc) is 2.13. The summed E-state index contributed by atoms with van der Waals surface area (Å²) in [6.45, 7) is 6.25. The van der Waals surface area contributed by atoms with Gasteiger partial charge in [0.05, 0.1) is 10.8 Å². The van der Waals surface area contributed by atoms with Crippen LogP contribution < -0.4 is 11.1 Å². The molecule has 0 radical (unpaired) electrons. The number of carboxylic acids is 1. The summed E-state index contributed by atoms with van der Waals surface area (Å²) < 4.78 is 0. The minimum absolute atomic E-state index is 0.0941. The molecule has 0 bridgehead atoms. The van der Waals surface area contributed by atoms with Crippen molar-refractivity contribution in [1.29, 1.82) is 0 Å². The first-order valence-corrected chi connectivity index (χ1v) is 5.29. The topological polar surface area (TPSA) is 109 Å². The third-order valence-corrected chi connectivity index (χ3v) is 2.58. The Kier molecular flexibility index (Phi) is 4.68. The van der Waals surface area contributed by atoms with Crippen molar-refractivity contribution in [3.63, 3.8) is 0 Å². The third kappa shape index (κ3) is 4.84. The molecular weight excluding hydrogens is 224 g/mol. The largest absolute Gasteiger partial charge is 0.481 e. The van der Waals surface area contributed by atoms with Crippen molar-refractivity contribution >= 4 is 17.8 Å². The normalized spacial score (nSPS) is 12.0. The van der Waals surface area contributed by atoms with Crippen molar-refractivity contribution in [3.8, 4) is 0 Å². The van der Waals surface area contributed by atoms with Crippen LogP contribution in [0.4, 0.5) is 0 Å². The zero-order chi connectivity index (χ0) is 13.9. The fourth-order valence-electron chi connectivity index (χ4n) is 0.946. The zero-order valence-corrected chi connectivity index (χ0v) is 10.7. The molecule has 0 aliphatic heterocycles. The van der Waals surface area contributed by atoms with Crippen molar-refractivity contribution in [2.45, 2.75) is 34.1 Å². The van der Waals surface area contributed by atoms with E-state index in [-0.39, 0.29) is 13.0 Å². The van der Waals surface area contributed by atoms with Crippen molar-refractivity contribution in [2.24, 2.45) is 16.6 Å². The number of nitrogens with two attached hydrogens (primary N) is 1. The molecule has 98 valence electrons. The fraction of sp³-hybridized carbons (Fsp3) is 0.727. The van der Waals surface area contributed by atoms with E-state index in [1.807, 2.05) is 0 Å². The first-order chi connectivity index (χ1) is 7.49. The molecule has 0 aromatic carbocycles. The van der Waals surface area contributed by atoms with E-state index in [4.69, 9.17) is 10.8 Å². The molecular formula is C11H20N2O4. The fourth-order valence-corrected chi connectivity index (χ4v) is 0.946. The van der Waals surface area contributed by atoms with Crippen LogP contribution in [-0.2, 0) is 14.4 Å². The number of hydrogen-bond acceptors (Lipinski definition) is 3. The molecule has 17 heavy (non-hydrogen) atoms. The molecule has 0 saturated heterocycles. The summed E-state index contributed by atoms with van der Waals surface area (Å²) >= 11 is 0. The lowest BCUT2D eigenvalue weighted by molar-refractivity contribution is -0.149. The van der Waals surface area contributed by atoms with Crippen LogP contribution in [0.2, 0.25) is 0 Å². The molecule has 0 fully saturated rings. The Bertz CT molecular complexity index is 334. The van der Waals surface area contributed by atoms with Crippen molar-refractivity contribution in [3.05, 3.63) is 0 Å². The number of nitrogens with one attached hydrogen (secondary N) is 1. The lowest BCUT2D eigenvalue weighted by atomic mass is 9.88. The Morgan fingerprint density at radius 2 is 1.59 bits per heavy atom. The molecule has 0 saturated carbocycles. The van der Waals surface area contributed by atoms with Crippen LogP contribution in [0, 0.1) is 10.8 Å². The third-order valence-electron chi connectivity index (χ3n) is 2.58. The molecule has 6 heteroatoms. The Morgan fingerprint density at radius 3 is 1.94 bits per heavy atom. The molecule has 0 aliphatic rings. The second-order valence-corrected chi connectivity index (χ2v) is 5.39. The lowest BCUT2D eigenvalue weighted by Gasteiger charge is -2.23. The highest BCUT2D eigenvalue weighted by atomic mass is 16.4. The van der Waals surface area contributed by atoms with Crippen LogP contribution in [0.25, 0.3) is 0 Å². The maximum absolute atomic E-state index is 11.5. The van der Waals surface area contributed by atoms with Gasteiger partial charge in [-0.2, -0.15) is 0 Å². The summed E-state index contributed by atoms with van der Waals surface area (Å²) in [6.07, 6.45) is -0.142. The average molecular weight is 244 g/mol. The number of carbonyl (C=O) groups is 3. The number of rotatable bonds is 6. The zero-order valence-electron chi connectivity index (χ0n) is 10.7. The van der Waals surface area contributed by atoms with Crippen LogP contribution in [0.5, 0.6) is 0 Å². The van der Waals surface area contributed by atoms with Gasteiger partial charge in [0.1, 0.15) is 0 Å². The molecule has 0 aromatic rings. The van der Waals surface area contributed by atoms with Crippen molar-refractivity contribution in [2.75, 3.05) is 6.54 Å². The summed E-state index contributed by atoms with van der Waals surface area (Å²) in [5.74, 6) is -1.97. The SMILES string of the molecule is CC(C)(CNC(=O)CC(C)(C)C(=O)O)C(N)=O. The Morgan fingerprint density at radius 1 is 1.12 bits per heavy atom. The van der Waals surface area contributed by atoms with Crippen LogP contribution >= 0.6 is 0 Å². The first-order valence-electron chi connectivity index (χ1n) is 5.29. The summed E-state index contributed by atoms with van der Waals surface area (Å²) in [7, 11) is 0. The second-order valence-electron chi connectivity index (χ2n) is 5.39. The molecule has 0 unspecified atom stereocenters. The van der Waals surface area contributed by atoms with E-state index < -0.39 is 28.6 Å². The minimum Gasteiger partial charge on any atom is -0.481 e. The molecule has 0 aromatic heterocycles. The monoisotopic (exact) mass is 244 g/mol. The summed E-state index contributed by atoms with van der Waals surface area (Å²) in [5.41, 5.74) is 3.18. The summed E-state index contributed by atoms with van der Waals surface area (Å²) in [5, 5.41) is 11.4. The Hall–Kier alpha value is -1.59. The van der Waals surface area contributed by atoms with Gasteiger partial charge in [0.15, 0.2) is 0 Å². The molecule has 2 amide bonds. The summed E-state index contributed by atoms with van der Waals surface area (Å²) in [4.78, 5) is 33.3. The lowest BCUT2D eigenvalue weighted by Crippen LogP contribution is -2.43. The number of hydrogen-bond donors (Lipinski definition) is 3. The van der Waals surface area contributed by atoms with Gasteiger partial charge in [0.25, 0.3) is 0 Å². The number of amides is 2. The van der Waals surface area contributed by atoms with Crippen LogP contribution in [-0.4, -0.2) is 29.4 Å². The number of aliphatic carboxylic acids is 1. The highest BCUT2D eigenvalue weighted by Gasteiger charge is 2.31. The number of carboxylic acid groups (broad SMARTS) is 1. The van der Waals surface area contributed by atoms with Gasteiger partial charge in [-0.15, -0.1) is 0 Å². The van der Waals surface area contributed by atoms with Crippen LogP contribution in [0.15, 0.2) is 0 Å². The first kappa shape index (κ1) is 15.4. The predicted molar refractivity (Wildman–Crippen MR) is 62.0 cm³/mol. The van der Waals surface area contributed by atoms with Crippen molar-refractivity contribution in [1.82, 2.24) is 5.32 Å². The smallest absolute Gasteiger partial charge is 0.309 e. The summed E-state index contributed by atoms with van der Waals surface area (Å²) in [6, 6.07) is 0. The van der Waals surface area contributed by atoms with Gasteiger partial charge in [0.2, 0.25) is 11.8 Å². The maximum Gasteiger partial charge on any atom is 0.309 e. The molecule has 0 heterocycles. The standard InChI is InChI=1S/C11H20N2O4/c1-10(2,9(16)17)5-7(14)13-6-11(3,4)8(12)15/h5-6H2,1-4H3,(H2,12,15)(H,13,14)(H,16,17). The molecule has 0 aliphatic carbocycles. The van der Waals surface area contributed by atoms with E-state index in [2.05, 4.69) is 5.32 Å². The number of primary amides is 1. The van der Waals surface area contributed by atoms with Crippen LogP contribution in [0.1, 0.15) is 34.1 Å². The van der Waals surface area contributed by atoms with Gasteiger partial charge < -0.3 is 16.2 Å². The Labute approximate surface area is 101 Å². The van der Waals surface area contributed by atoms with Crippen LogP contribution in [0.3, 0.4) is 0 Å². The minimum atomic E-state index is -1.12. The van der Waals surface area contributed by atoms with E-state index in [1.165, 1.54) is 13.8 Å². The van der Waals surface area contributed by atoms with Gasteiger partial charge >= 0.3 is 5.97 Å². The van der Waals surface area contributed by atoms with E-state index in [1.54, 1.807) is 13.8 Å². The molecule has 4 N–H and O–H groups in total. The van der Waals surface area contributed by atoms with E-state index in [0.29, 0.717) is 0 Å². The van der Waals surface area contributed by atoms with Gasteiger partial charge in [0, 0.05) is 13.0 Å². The van der Waals surface area contributed by atoms with Gasteiger partial charge in [-0.1, -0.05) is 0 Å². The quantitative estimate of drug-likeness (QED) is 0.616. The van der Waals surface area contributed by atoms with E-state index in [9.17, 15) is 14.4 Å². The predicted octanol–water partition coefficient (Wildman–Crippen LogP) is 0.115. The molecule has 6 nitrogen and oxygen atoms in total. The molecule has 0 rings (SSSR count). The van der Waals surface area contributed by atoms with Crippen molar-refractivity contribution < 1.29 is 19.5 Å². The Balaban J connectivity index is 4.31. The number of carbonyl (C=O) groups excluding carboxylic acids is 2. The highest BCUT2D eigenvalue weighted by molar-refractivity contribution is 5.85. The molecule has 0 spiro atoms.